The Labute approximate surface area is 108 Å². The highest BCUT2D eigenvalue weighted by Gasteiger charge is 2.18. The molecule has 0 radical (unpaired) electrons. The molecule has 0 aliphatic heterocycles. The van der Waals surface area contributed by atoms with E-state index in [2.05, 4.69) is 6.92 Å². The van der Waals surface area contributed by atoms with Gasteiger partial charge in [-0.15, -0.1) is 0 Å². The number of benzene rings is 1. The van der Waals surface area contributed by atoms with Crippen LogP contribution in [-0.4, -0.2) is 11.1 Å². The lowest BCUT2D eigenvalue weighted by Gasteiger charge is -2.13. The van der Waals surface area contributed by atoms with Crippen molar-refractivity contribution in [3.8, 4) is 0 Å². The average molecular weight is 247 g/mol. The highest BCUT2D eigenvalue weighted by atomic mass is 16.4. The molecule has 0 unspecified atom stereocenters. The third-order valence-electron chi connectivity index (χ3n) is 3.07. The molecule has 0 bridgehead atoms. The molecule has 1 aromatic rings. The Kier molecular flexibility index (Phi) is 4.95. The summed E-state index contributed by atoms with van der Waals surface area (Å²) in [6.07, 6.45) is 2.54. The number of aliphatic carboxylic acids is 1. The van der Waals surface area contributed by atoms with Crippen LogP contribution in [0.1, 0.15) is 42.9 Å². The van der Waals surface area contributed by atoms with Gasteiger partial charge >= 0.3 is 5.97 Å². The Morgan fingerprint density at radius 2 is 1.83 bits per heavy atom. The average Bonchev–Trinajstić information content (AvgIpc) is 2.30. The summed E-state index contributed by atoms with van der Waals surface area (Å²) in [5.41, 5.74) is 9.37. The number of carbonyl (C=O) groups is 1. The summed E-state index contributed by atoms with van der Waals surface area (Å²) in [5, 5.41) is 9.41. The second-order valence-corrected chi connectivity index (χ2v) is 4.58. The van der Waals surface area contributed by atoms with Gasteiger partial charge < -0.3 is 10.8 Å². The highest BCUT2D eigenvalue weighted by Crippen LogP contribution is 2.26. The second-order valence-electron chi connectivity index (χ2n) is 4.58. The fraction of sp³-hybridized carbons (Fsp3) is 0.400. The van der Waals surface area contributed by atoms with Crippen LogP contribution in [0.3, 0.4) is 0 Å². The molecule has 1 aromatic carbocycles. The molecule has 3 heteroatoms. The molecule has 0 fully saturated rings. The Hall–Kier alpha value is -1.77. The van der Waals surface area contributed by atoms with Crippen molar-refractivity contribution >= 4 is 11.5 Å². The van der Waals surface area contributed by atoms with Gasteiger partial charge in [0.15, 0.2) is 0 Å². The maximum Gasteiger partial charge on any atom is 0.338 e. The van der Waals surface area contributed by atoms with Crippen LogP contribution in [-0.2, 0) is 4.79 Å². The van der Waals surface area contributed by atoms with Crippen molar-refractivity contribution in [1.82, 2.24) is 0 Å². The summed E-state index contributed by atoms with van der Waals surface area (Å²) in [4.78, 5) is 11.5. The van der Waals surface area contributed by atoms with E-state index in [-0.39, 0.29) is 5.57 Å². The molecule has 3 nitrogen and oxygen atoms in total. The highest BCUT2D eigenvalue weighted by molar-refractivity contribution is 6.17. The van der Waals surface area contributed by atoms with Crippen molar-refractivity contribution in [3.63, 3.8) is 0 Å². The van der Waals surface area contributed by atoms with Crippen molar-refractivity contribution in [2.45, 2.75) is 40.0 Å². The predicted octanol–water partition coefficient (Wildman–Crippen LogP) is 3.25. The maximum atomic E-state index is 11.5. The van der Waals surface area contributed by atoms with E-state index in [0.717, 1.165) is 29.5 Å². The zero-order valence-corrected chi connectivity index (χ0v) is 11.3. The number of unbranched alkanes of at least 4 members (excludes halogenated alkanes) is 1. The SMILES string of the molecule is CCCCC(N)=C(C(=O)O)c1c(C)cccc1C. The predicted molar refractivity (Wildman–Crippen MR) is 74.2 cm³/mol. The number of allylic oxidation sites excluding steroid dienone is 1. The molecule has 98 valence electrons. The van der Waals surface area contributed by atoms with Crippen molar-refractivity contribution in [1.29, 1.82) is 0 Å². The minimum Gasteiger partial charge on any atom is -0.478 e. The van der Waals surface area contributed by atoms with Crippen LogP contribution in [0.4, 0.5) is 0 Å². The molecule has 3 N–H and O–H groups in total. The summed E-state index contributed by atoms with van der Waals surface area (Å²) in [6.45, 7) is 5.89. The number of nitrogens with two attached hydrogens (primary N) is 1. The third-order valence-corrected chi connectivity index (χ3v) is 3.07. The minimum absolute atomic E-state index is 0.263. The minimum atomic E-state index is -0.944. The number of hydrogen-bond donors (Lipinski definition) is 2. The van der Waals surface area contributed by atoms with Crippen molar-refractivity contribution < 1.29 is 9.90 Å². The van der Waals surface area contributed by atoms with Gasteiger partial charge in [-0.1, -0.05) is 31.5 Å². The number of carboxylic acids is 1. The molecule has 0 atom stereocenters. The number of carboxylic acid groups (broad SMARTS) is 1. The summed E-state index contributed by atoms with van der Waals surface area (Å²) in [6, 6.07) is 5.76. The van der Waals surface area contributed by atoms with Crippen LogP contribution in [0.5, 0.6) is 0 Å². The molecular weight excluding hydrogens is 226 g/mol. The van der Waals surface area contributed by atoms with Crippen LogP contribution < -0.4 is 5.73 Å². The zero-order valence-electron chi connectivity index (χ0n) is 11.3. The smallest absolute Gasteiger partial charge is 0.338 e. The van der Waals surface area contributed by atoms with Crippen molar-refractivity contribution in [3.05, 3.63) is 40.6 Å². The fourth-order valence-corrected chi connectivity index (χ4v) is 2.11. The number of rotatable bonds is 5. The number of hydrogen-bond acceptors (Lipinski definition) is 2. The van der Waals surface area contributed by atoms with Gasteiger partial charge in [0.05, 0.1) is 5.57 Å². The molecule has 0 spiro atoms. The molecule has 0 aromatic heterocycles. The fourth-order valence-electron chi connectivity index (χ4n) is 2.11. The Morgan fingerprint density at radius 1 is 1.28 bits per heavy atom. The van der Waals surface area contributed by atoms with E-state index < -0.39 is 5.97 Å². The van der Waals surface area contributed by atoms with Gasteiger partial charge in [0.1, 0.15) is 0 Å². The summed E-state index contributed by atoms with van der Waals surface area (Å²) < 4.78 is 0. The van der Waals surface area contributed by atoms with Crippen molar-refractivity contribution in [2.75, 3.05) is 0 Å². The van der Waals surface area contributed by atoms with Crippen LogP contribution in [0.25, 0.3) is 5.57 Å². The largest absolute Gasteiger partial charge is 0.478 e. The van der Waals surface area contributed by atoms with E-state index in [4.69, 9.17) is 5.73 Å². The molecule has 0 amide bonds. The van der Waals surface area contributed by atoms with E-state index in [1.54, 1.807) is 0 Å². The summed E-state index contributed by atoms with van der Waals surface area (Å²) in [5.74, 6) is -0.944. The van der Waals surface area contributed by atoms with Gasteiger partial charge in [-0.2, -0.15) is 0 Å². The molecule has 0 heterocycles. The molecule has 0 saturated heterocycles. The molecule has 1 rings (SSSR count). The molecular formula is C15H21NO2. The van der Waals surface area contributed by atoms with Gasteiger partial charge in [-0.3, -0.25) is 0 Å². The Balaban J connectivity index is 3.33. The molecule has 18 heavy (non-hydrogen) atoms. The van der Waals surface area contributed by atoms with E-state index in [1.807, 2.05) is 32.0 Å². The van der Waals surface area contributed by atoms with Gasteiger partial charge in [0.2, 0.25) is 0 Å². The van der Waals surface area contributed by atoms with Gasteiger partial charge in [-0.25, -0.2) is 4.79 Å². The number of aryl methyl sites for hydroxylation is 2. The van der Waals surface area contributed by atoms with Gasteiger partial charge in [0, 0.05) is 5.70 Å². The van der Waals surface area contributed by atoms with Gasteiger partial charge in [-0.05, 0) is 43.4 Å². The first-order valence-electron chi connectivity index (χ1n) is 6.27. The first-order valence-corrected chi connectivity index (χ1v) is 6.27. The van der Waals surface area contributed by atoms with Crippen LogP contribution in [0, 0.1) is 13.8 Å². The monoisotopic (exact) mass is 247 g/mol. The van der Waals surface area contributed by atoms with E-state index in [9.17, 15) is 9.90 Å². The van der Waals surface area contributed by atoms with E-state index >= 15 is 0 Å². The molecule has 0 aliphatic carbocycles. The summed E-state index contributed by atoms with van der Waals surface area (Å²) >= 11 is 0. The quantitative estimate of drug-likeness (QED) is 0.785. The molecule has 0 saturated carbocycles. The Morgan fingerprint density at radius 3 is 2.28 bits per heavy atom. The van der Waals surface area contributed by atoms with E-state index in [1.165, 1.54) is 0 Å². The lowest BCUT2D eigenvalue weighted by Crippen LogP contribution is -2.12. The summed E-state index contributed by atoms with van der Waals surface area (Å²) in [7, 11) is 0. The maximum absolute atomic E-state index is 11.5. The topological polar surface area (TPSA) is 63.3 Å². The van der Waals surface area contributed by atoms with Crippen LogP contribution in [0.2, 0.25) is 0 Å². The lowest BCUT2D eigenvalue weighted by molar-refractivity contribution is -0.130. The first-order chi connectivity index (χ1) is 8.49. The lowest BCUT2D eigenvalue weighted by atomic mass is 9.93. The van der Waals surface area contributed by atoms with E-state index in [0.29, 0.717) is 12.1 Å². The van der Waals surface area contributed by atoms with Crippen LogP contribution in [0.15, 0.2) is 23.9 Å². The van der Waals surface area contributed by atoms with Gasteiger partial charge in [0.25, 0.3) is 0 Å². The van der Waals surface area contributed by atoms with Crippen LogP contribution >= 0.6 is 0 Å². The Bertz CT molecular complexity index is 455. The first kappa shape index (κ1) is 14.3. The normalized spacial score (nSPS) is 12.2. The zero-order chi connectivity index (χ0) is 13.7. The van der Waals surface area contributed by atoms with Crippen molar-refractivity contribution in [2.24, 2.45) is 5.73 Å². The molecule has 0 aliphatic rings. The third kappa shape index (κ3) is 3.13. The standard InChI is InChI=1S/C15H21NO2/c1-4-5-9-12(16)14(15(17)18)13-10(2)7-6-8-11(13)3/h6-8H,4-5,9,16H2,1-3H3,(H,17,18). The second kappa shape index (κ2) is 6.24.